The monoisotopic (exact) mass is 377 g/mol. The van der Waals surface area contributed by atoms with Gasteiger partial charge in [0, 0.05) is 29.2 Å². The molecule has 0 spiro atoms. The largest absolute Gasteiger partial charge is 0.326 e. The van der Waals surface area contributed by atoms with Crippen molar-refractivity contribution < 1.29 is 0 Å². The van der Waals surface area contributed by atoms with E-state index in [1.54, 1.807) is 5.56 Å². The number of hydrogen-bond acceptors (Lipinski definition) is 3. The summed E-state index contributed by atoms with van der Waals surface area (Å²) in [5.74, 6) is 0. The Labute approximate surface area is 162 Å². The van der Waals surface area contributed by atoms with Crippen LogP contribution in [0.4, 0.5) is 0 Å². The Bertz CT molecular complexity index is 1150. The molecule has 4 nitrogen and oxygen atoms in total. The Hall–Kier alpha value is -2.37. The van der Waals surface area contributed by atoms with Gasteiger partial charge in [-0.3, -0.25) is 9.47 Å². The molecule has 5 heteroatoms. The van der Waals surface area contributed by atoms with E-state index in [2.05, 4.69) is 34.1 Å². The summed E-state index contributed by atoms with van der Waals surface area (Å²) in [7, 11) is 0. The van der Waals surface area contributed by atoms with Crippen LogP contribution in [0, 0.1) is 0 Å². The zero-order chi connectivity index (χ0) is 18.2. The third-order valence-corrected chi connectivity index (χ3v) is 6.81. The lowest BCUT2D eigenvalue weighted by atomic mass is 10.0. The van der Waals surface area contributed by atoms with E-state index in [9.17, 15) is 4.79 Å². The summed E-state index contributed by atoms with van der Waals surface area (Å²) in [6, 6.07) is 16.7. The number of aryl methyl sites for hydroxylation is 1. The molecule has 138 valence electrons. The number of nitrogens with zero attached hydrogens (tertiary/aromatic N) is 2. The van der Waals surface area contributed by atoms with Crippen LogP contribution in [0.15, 0.2) is 53.3 Å². The first-order valence-electron chi connectivity index (χ1n) is 9.69. The Balaban J connectivity index is 1.20. The van der Waals surface area contributed by atoms with Crippen LogP contribution in [0.5, 0.6) is 0 Å². The SMILES string of the molecule is O=c1[nH]c2ccccc2n1CCCCN1CCc2c(sc3ccccc23)C1. The smallest absolute Gasteiger partial charge is 0.306 e. The minimum absolute atomic E-state index is 0.00379. The zero-order valence-electron chi connectivity index (χ0n) is 15.3. The molecule has 0 amide bonds. The molecule has 27 heavy (non-hydrogen) atoms. The molecule has 5 rings (SSSR count). The lowest BCUT2D eigenvalue weighted by Crippen LogP contribution is -2.30. The predicted molar refractivity (Wildman–Crippen MR) is 113 cm³/mol. The molecule has 0 saturated carbocycles. The molecular formula is C22H23N3OS. The van der Waals surface area contributed by atoms with Gasteiger partial charge >= 0.3 is 5.69 Å². The van der Waals surface area contributed by atoms with Crippen LogP contribution in [0.3, 0.4) is 0 Å². The van der Waals surface area contributed by atoms with Gasteiger partial charge in [-0.15, -0.1) is 11.3 Å². The lowest BCUT2D eigenvalue weighted by Gasteiger charge is -2.26. The summed E-state index contributed by atoms with van der Waals surface area (Å²) >= 11 is 1.95. The molecule has 3 heterocycles. The molecule has 1 N–H and O–H groups in total. The Kier molecular flexibility index (Phi) is 4.34. The summed E-state index contributed by atoms with van der Waals surface area (Å²) in [5.41, 5.74) is 3.51. The molecule has 0 radical (unpaired) electrons. The Morgan fingerprint density at radius 2 is 1.81 bits per heavy atom. The fourth-order valence-electron chi connectivity index (χ4n) is 4.23. The van der Waals surface area contributed by atoms with Crippen molar-refractivity contribution in [1.29, 1.82) is 0 Å². The highest BCUT2D eigenvalue weighted by Crippen LogP contribution is 2.35. The maximum Gasteiger partial charge on any atom is 0.326 e. The van der Waals surface area contributed by atoms with Crippen LogP contribution in [-0.2, 0) is 19.5 Å². The van der Waals surface area contributed by atoms with Gasteiger partial charge in [0.15, 0.2) is 0 Å². The molecule has 0 atom stereocenters. The molecule has 4 aromatic rings. The third kappa shape index (κ3) is 3.11. The molecule has 1 aliphatic heterocycles. The quantitative estimate of drug-likeness (QED) is 0.524. The average molecular weight is 378 g/mol. The standard InChI is InChI=1S/C22H23N3OS/c26-22-23-18-8-2-3-9-19(18)25(22)13-6-5-12-24-14-11-17-16-7-1-4-10-20(16)27-21(17)15-24/h1-4,7-10H,5-6,11-15H2,(H,23,26). The maximum absolute atomic E-state index is 12.2. The van der Waals surface area contributed by atoms with E-state index in [1.807, 2.05) is 40.2 Å². The van der Waals surface area contributed by atoms with Gasteiger partial charge in [-0.2, -0.15) is 0 Å². The summed E-state index contributed by atoms with van der Waals surface area (Å²) < 4.78 is 3.29. The van der Waals surface area contributed by atoms with Gasteiger partial charge in [-0.05, 0) is 55.0 Å². The third-order valence-electron chi connectivity index (χ3n) is 5.61. The van der Waals surface area contributed by atoms with E-state index in [1.165, 1.54) is 15.0 Å². The van der Waals surface area contributed by atoms with Gasteiger partial charge in [0.2, 0.25) is 0 Å². The number of hydrogen-bond donors (Lipinski definition) is 1. The zero-order valence-corrected chi connectivity index (χ0v) is 16.1. The van der Waals surface area contributed by atoms with Crippen LogP contribution in [0.25, 0.3) is 21.1 Å². The van der Waals surface area contributed by atoms with Gasteiger partial charge in [0.05, 0.1) is 11.0 Å². The van der Waals surface area contributed by atoms with Gasteiger partial charge in [0.25, 0.3) is 0 Å². The van der Waals surface area contributed by atoms with Crippen molar-refractivity contribution in [3.63, 3.8) is 0 Å². The molecule has 2 aromatic heterocycles. The molecule has 2 aromatic carbocycles. The van der Waals surface area contributed by atoms with Gasteiger partial charge < -0.3 is 4.98 Å². The van der Waals surface area contributed by atoms with E-state index >= 15 is 0 Å². The Morgan fingerprint density at radius 3 is 2.78 bits per heavy atom. The number of rotatable bonds is 5. The molecule has 0 unspecified atom stereocenters. The maximum atomic E-state index is 12.2. The second-order valence-electron chi connectivity index (χ2n) is 7.33. The van der Waals surface area contributed by atoms with E-state index in [4.69, 9.17) is 0 Å². The number of thiophene rings is 1. The van der Waals surface area contributed by atoms with Crippen LogP contribution in [0.2, 0.25) is 0 Å². The summed E-state index contributed by atoms with van der Waals surface area (Å²) in [6.45, 7) is 4.10. The topological polar surface area (TPSA) is 41.0 Å². The van der Waals surface area contributed by atoms with E-state index < -0.39 is 0 Å². The number of H-pyrrole nitrogens is 1. The number of aromatic amines is 1. The van der Waals surface area contributed by atoms with Crippen molar-refractivity contribution >= 4 is 32.5 Å². The molecule has 0 aliphatic carbocycles. The van der Waals surface area contributed by atoms with Gasteiger partial charge in [0.1, 0.15) is 0 Å². The number of para-hydroxylation sites is 2. The first-order chi connectivity index (χ1) is 13.3. The first kappa shape index (κ1) is 16.8. The number of unbranched alkanes of at least 4 members (excludes halogenated alkanes) is 1. The highest BCUT2D eigenvalue weighted by atomic mass is 32.1. The van der Waals surface area contributed by atoms with E-state index in [-0.39, 0.29) is 5.69 Å². The van der Waals surface area contributed by atoms with Crippen LogP contribution in [0.1, 0.15) is 23.3 Å². The summed E-state index contributed by atoms with van der Waals surface area (Å²) in [4.78, 5) is 19.2. The number of aromatic nitrogens is 2. The van der Waals surface area contributed by atoms with E-state index in [0.29, 0.717) is 0 Å². The number of imidazole rings is 1. The van der Waals surface area contributed by atoms with Crippen molar-refractivity contribution in [2.24, 2.45) is 0 Å². The lowest BCUT2D eigenvalue weighted by molar-refractivity contribution is 0.251. The van der Waals surface area contributed by atoms with E-state index in [0.717, 1.165) is 56.5 Å². The number of benzene rings is 2. The fraction of sp³-hybridized carbons (Fsp3) is 0.318. The molecule has 0 saturated heterocycles. The highest BCUT2D eigenvalue weighted by Gasteiger charge is 2.20. The summed E-state index contributed by atoms with van der Waals surface area (Å²) in [5, 5.41) is 1.45. The predicted octanol–water partition coefficient (Wildman–Crippen LogP) is 4.38. The van der Waals surface area contributed by atoms with Crippen LogP contribution >= 0.6 is 11.3 Å². The van der Waals surface area contributed by atoms with Gasteiger partial charge in [-0.1, -0.05) is 30.3 Å². The number of nitrogens with one attached hydrogen (secondary N) is 1. The first-order valence-corrected chi connectivity index (χ1v) is 10.5. The van der Waals surface area contributed by atoms with Crippen molar-refractivity contribution in [3.05, 3.63) is 69.5 Å². The van der Waals surface area contributed by atoms with Crippen molar-refractivity contribution in [2.45, 2.75) is 32.4 Å². The Morgan fingerprint density at radius 1 is 1.00 bits per heavy atom. The second-order valence-corrected chi connectivity index (χ2v) is 8.47. The van der Waals surface area contributed by atoms with Crippen molar-refractivity contribution in [3.8, 4) is 0 Å². The fourth-order valence-corrected chi connectivity index (χ4v) is 5.52. The summed E-state index contributed by atoms with van der Waals surface area (Å²) in [6.07, 6.45) is 3.30. The minimum atomic E-state index is 0.00379. The van der Waals surface area contributed by atoms with Crippen LogP contribution < -0.4 is 5.69 Å². The molecular weight excluding hydrogens is 354 g/mol. The molecule has 0 bridgehead atoms. The highest BCUT2D eigenvalue weighted by molar-refractivity contribution is 7.19. The molecule has 0 fully saturated rings. The van der Waals surface area contributed by atoms with Gasteiger partial charge in [-0.25, -0.2) is 4.79 Å². The number of fused-ring (bicyclic) bond motifs is 4. The second kappa shape index (κ2) is 6.98. The normalized spacial score (nSPS) is 14.8. The van der Waals surface area contributed by atoms with Crippen molar-refractivity contribution in [2.75, 3.05) is 13.1 Å². The van der Waals surface area contributed by atoms with Crippen LogP contribution in [-0.4, -0.2) is 27.5 Å². The minimum Gasteiger partial charge on any atom is -0.306 e. The average Bonchev–Trinajstić information content (AvgIpc) is 3.21. The molecule has 1 aliphatic rings. The van der Waals surface area contributed by atoms with Crippen molar-refractivity contribution in [1.82, 2.24) is 14.5 Å².